The Morgan fingerprint density at radius 2 is 1.82 bits per heavy atom. The van der Waals surface area contributed by atoms with E-state index in [9.17, 15) is 9.59 Å². The number of benzene rings is 3. The maximum Gasteiger partial charge on any atom is 0.271 e. The van der Waals surface area contributed by atoms with E-state index in [4.69, 9.17) is 32.7 Å². The van der Waals surface area contributed by atoms with E-state index in [0.29, 0.717) is 38.4 Å². The minimum atomic E-state index is -0.410. The van der Waals surface area contributed by atoms with Crippen molar-refractivity contribution in [1.82, 2.24) is 5.43 Å². The van der Waals surface area contributed by atoms with E-state index in [1.54, 1.807) is 54.6 Å². The van der Waals surface area contributed by atoms with Crippen LogP contribution in [0, 0.1) is 0 Å². The lowest BCUT2D eigenvalue weighted by atomic mass is 10.2. The summed E-state index contributed by atoms with van der Waals surface area (Å²) in [5.74, 6) is 0.420. The normalized spacial score (nSPS) is 10.7. The van der Waals surface area contributed by atoms with Gasteiger partial charge in [0.25, 0.3) is 5.91 Å². The van der Waals surface area contributed by atoms with E-state index < -0.39 is 5.91 Å². The Bertz CT molecular complexity index is 1200. The summed E-state index contributed by atoms with van der Waals surface area (Å²) in [5.41, 5.74) is 4.91. The highest BCUT2D eigenvalue weighted by molar-refractivity contribution is 6.42. The molecule has 0 spiro atoms. The second-order valence-corrected chi connectivity index (χ2v) is 7.72. The molecular weight excluding hydrogens is 465 g/mol. The molecule has 2 amide bonds. The molecule has 33 heavy (non-hydrogen) atoms. The van der Waals surface area contributed by atoms with Crippen LogP contribution in [0.15, 0.2) is 65.8 Å². The number of rotatable bonds is 8. The summed E-state index contributed by atoms with van der Waals surface area (Å²) in [5, 5.41) is 7.56. The first-order valence-electron chi connectivity index (χ1n) is 9.81. The standard InChI is InChI=1S/C24H21Cl2N3O4/c1-15(30)28-19-5-3-4-18(12-19)24(31)29-27-13-16-7-9-22(23(11-16)32-2)33-14-17-6-8-20(25)21(26)10-17/h3-13H,14H2,1-2H3,(H,28,30)(H,29,31)/b27-13-. The minimum Gasteiger partial charge on any atom is -0.493 e. The van der Waals surface area contributed by atoms with Crippen LogP contribution in [0.3, 0.4) is 0 Å². The Morgan fingerprint density at radius 3 is 2.55 bits per heavy atom. The van der Waals surface area contributed by atoms with Crippen molar-refractivity contribution in [1.29, 1.82) is 0 Å². The van der Waals surface area contributed by atoms with Crippen LogP contribution in [-0.4, -0.2) is 25.1 Å². The second kappa shape index (κ2) is 11.4. The molecule has 170 valence electrons. The van der Waals surface area contributed by atoms with E-state index in [1.165, 1.54) is 20.2 Å². The highest BCUT2D eigenvalue weighted by Gasteiger charge is 2.08. The molecule has 3 aromatic rings. The molecule has 0 saturated heterocycles. The van der Waals surface area contributed by atoms with Crippen molar-refractivity contribution in [2.75, 3.05) is 12.4 Å². The lowest BCUT2D eigenvalue weighted by Crippen LogP contribution is -2.18. The average Bonchev–Trinajstić information content (AvgIpc) is 2.80. The highest BCUT2D eigenvalue weighted by atomic mass is 35.5. The van der Waals surface area contributed by atoms with Crippen LogP contribution in [0.2, 0.25) is 10.0 Å². The highest BCUT2D eigenvalue weighted by Crippen LogP contribution is 2.29. The fourth-order valence-corrected chi connectivity index (χ4v) is 3.17. The number of ether oxygens (including phenoxy) is 2. The van der Waals surface area contributed by atoms with Crippen molar-refractivity contribution in [3.63, 3.8) is 0 Å². The maximum atomic E-state index is 12.3. The first-order valence-corrected chi connectivity index (χ1v) is 10.6. The first-order chi connectivity index (χ1) is 15.9. The number of carbonyl (C=O) groups is 2. The van der Waals surface area contributed by atoms with Crippen molar-refractivity contribution in [2.45, 2.75) is 13.5 Å². The summed E-state index contributed by atoms with van der Waals surface area (Å²) in [4.78, 5) is 23.5. The topological polar surface area (TPSA) is 89.0 Å². The maximum absolute atomic E-state index is 12.3. The zero-order chi connectivity index (χ0) is 23.8. The van der Waals surface area contributed by atoms with Crippen molar-refractivity contribution in [3.8, 4) is 11.5 Å². The fourth-order valence-electron chi connectivity index (χ4n) is 2.85. The largest absolute Gasteiger partial charge is 0.493 e. The van der Waals surface area contributed by atoms with Gasteiger partial charge in [-0.15, -0.1) is 0 Å². The fraction of sp³-hybridized carbons (Fsp3) is 0.125. The zero-order valence-corrected chi connectivity index (χ0v) is 19.4. The molecule has 9 heteroatoms. The summed E-state index contributed by atoms with van der Waals surface area (Å²) in [7, 11) is 1.53. The van der Waals surface area contributed by atoms with Gasteiger partial charge >= 0.3 is 0 Å². The van der Waals surface area contributed by atoms with Gasteiger partial charge in [-0.1, -0.05) is 35.3 Å². The van der Waals surface area contributed by atoms with E-state index in [1.807, 2.05) is 6.07 Å². The average molecular weight is 486 g/mol. The zero-order valence-electron chi connectivity index (χ0n) is 17.9. The van der Waals surface area contributed by atoms with Crippen LogP contribution in [0.4, 0.5) is 5.69 Å². The lowest BCUT2D eigenvalue weighted by Gasteiger charge is -2.11. The molecule has 7 nitrogen and oxygen atoms in total. The van der Waals surface area contributed by atoms with Gasteiger partial charge in [-0.2, -0.15) is 5.10 Å². The molecule has 0 bridgehead atoms. The van der Waals surface area contributed by atoms with E-state index in [-0.39, 0.29) is 12.5 Å². The summed E-state index contributed by atoms with van der Waals surface area (Å²) < 4.78 is 11.2. The Labute approximate surface area is 201 Å². The number of nitrogens with zero attached hydrogens (tertiary/aromatic N) is 1. The molecule has 0 aliphatic heterocycles. The van der Waals surface area contributed by atoms with E-state index in [2.05, 4.69) is 15.8 Å². The number of amides is 2. The van der Waals surface area contributed by atoms with Gasteiger partial charge < -0.3 is 14.8 Å². The molecule has 0 aliphatic rings. The van der Waals surface area contributed by atoms with E-state index in [0.717, 1.165) is 5.56 Å². The molecule has 0 heterocycles. The van der Waals surface area contributed by atoms with Gasteiger partial charge in [0.2, 0.25) is 5.91 Å². The van der Waals surface area contributed by atoms with Gasteiger partial charge in [0, 0.05) is 18.2 Å². The van der Waals surface area contributed by atoms with Crippen molar-refractivity contribution < 1.29 is 19.1 Å². The third-order valence-electron chi connectivity index (χ3n) is 4.39. The summed E-state index contributed by atoms with van der Waals surface area (Å²) in [6, 6.07) is 17.1. The number of methoxy groups -OCH3 is 1. The summed E-state index contributed by atoms with van der Waals surface area (Å²) >= 11 is 12.0. The molecule has 3 rings (SSSR count). The van der Waals surface area contributed by atoms with Crippen molar-refractivity contribution in [2.24, 2.45) is 5.10 Å². The number of hydrazone groups is 1. The predicted molar refractivity (Wildman–Crippen MR) is 130 cm³/mol. The van der Waals surface area contributed by atoms with Gasteiger partial charge in [0.15, 0.2) is 11.5 Å². The second-order valence-electron chi connectivity index (χ2n) is 6.91. The third-order valence-corrected chi connectivity index (χ3v) is 5.13. The van der Waals surface area contributed by atoms with Gasteiger partial charge in [-0.3, -0.25) is 9.59 Å². The van der Waals surface area contributed by atoms with Crippen molar-refractivity contribution >= 4 is 46.9 Å². The van der Waals surface area contributed by atoms with Crippen LogP contribution < -0.4 is 20.2 Å². The SMILES string of the molecule is COc1cc(/C=N\NC(=O)c2cccc(NC(C)=O)c2)ccc1OCc1ccc(Cl)c(Cl)c1. The van der Waals surface area contributed by atoms with Crippen LogP contribution in [0.5, 0.6) is 11.5 Å². The minimum absolute atomic E-state index is 0.219. The number of carbonyl (C=O) groups excluding carboxylic acids is 2. The van der Waals surface area contributed by atoms with Gasteiger partial charge in [0.05, 0.1) is 23.4 Å². The number of anilines is 1. The molecular formula is C24H21Cl2N3O4. The molecule has 0 atom stereocenters. The summed E-state index contributed by atoms with van der Waals surface area (Å²) in [6.45, 7) is 1.68. The summed E-state index contributed by atoms with van der Waals surface area (Å²) in [6.07, 6.45) is 1.49. The third kappa shape index (κ3) is 6.97. The molecule has 0 unspecified atom stereocenters. The van der Waals surface area contributed by atoms with E-state index >= 15 is 0 Å². The Morgan fingerprint density at radius 1 is 1.00 bits per heavy atom. The molecule has 3 aromatic carbocycles. The van der Waals surface area contributed by atoms with Crippen LogP contribution in [-0.2, 0) is 11.4 Å². The van der Waals surface area contributed by atoms with Crippen LogP contribution in [0.1, 0.15) is 28.4 Å². The number of hydrogen-bond donors (Lipinski definition) is 2. The lowest BCUT2D eigenvalue weighted by molar-refractivity contribution is -0.114. The monoisotopic (exact) mass is 485 g/mol. The molecule has 0 saturated carbocycles. The van der Waals surface area contributed by atoms with Gasteiger partial charge in [-0.25, -0.2) is 5.43 Å². The predicted octanol–water partition coefficient (Wildman–Crippen LogP) is 5.30. The van der Waals surface area contributed by atoms with Crippen molar-refractivity contribution in [3.05, 3.63) is 87.4 Å². The Hall–Kier alpha value is -3.55. The molecule has 0 fully saturated rings. The quantitative estimate of drug-likeness (QED) is 0.334. The number of nitrogens with one attached hydrogen (secondary N) is 2. The number of hydrogen-bond acceptors (Lipinski definition) is 5. The van der Waals surface area contributed by atoms with Gasteiger partial charge in [-0.05, 0) is 59.7 Å². The van der Waals surface area contributed by atoms with Crippen LogP contribution in [0.25, 0.3) is 0 Å². The Balaban J connectivity index is 1.62. The smallest absolute Gasteiger partial charge is 0.271 e. The number of halogens is 2. The van der Waals surface area contributed by atoms with Gasteiger partial charge in [0.1, 0.15) is 6.61 Å². The molecule has 0 aromatic heterocycles. The molecule has 0 radical (unpaired) electrons. The first kappa shape index (κ1) is 24.1. The molecule has 2 N–H and O–H groups in total. The Kier molecular flexibility index (Phi) is 8.29. The molecule has 0 aliphatic carbocycles. The van der Waals surface area contributed by atoms with Crippen LogP contribution >= 0.6 is 23.2 Å².